The lowest BCUT2D eigenvalue weighted by molar-refractivity contribution is -0.384. The highest BCUT2D eigenvalue weighted by molar-refractivity contribution is 5.90. The zero-order valence-corrected chi connectivity index (χ0v) is 9.62. The quantitative estimate of drug-likeness (QED) is 0.505. The fourth-order valence-electron chi connectivity index (χ4n) is 1.52. The Morgan fingerprint density at radius 3 is 2.94 bits per heavy atom. The number of benzene rings is 1. The molecule has 6 nitrogen and oxygen atoms in total. The van der Waals surface area contributed by atoms with E-state index in [2.05, 4.69) is 21.2 Å². The monoisotopic (exact) mass is 242 g/mol. The average Bonchev–Trinajstić information content (AvgIpc) is 2.38. The Morgan fingerprint density at radius 1 is 1.50 bits per heavy atom. The van der Waals surface area contributed by atoms with Crippen molar-refractivity contribution in [2.45, 2.75) is 13.0 Å². The van der Waals surface area contributed by atoms with Crippen LogP contribution in [0.3, 0.4) is 0 Å². The molecule has 0 saturated heterocycles. The number of non-ortho nitro benzene ring substituents is 1. The van der Waals surface area contributed by atoms with Gasteiger partial charge in [0.2, 0.25) is 0 Å². The van der Waals surface area contributed by atoms with Gasteiger partial charge in [0, 0.05) is 17.5 Å². The van der Waals surface area contributed by atoms with Gasteiger partial charge in [0.05, 0.1) is 16.5 Å². The smallest absolute Gasteiger partial charge is 0.270 e. The van der Waals surface area contributed by atoms with Crippen LogP contribution in [0.4, 0.5) is 11.5 Å². The number of anilines is 1. The van der Waals surface area contributed by atoms with Crippen LogP contribution in [0.2, 0.25) is 0 Å². The van der Waals surface area contributed by atoms with Crippen LogP contribution in [0.1, 0.15) is 6.92 Å². The number of nitrogens with zero attached hydrogens (tertiary/aromatic N) is 3. The van der Waals surface area contributed by atoms with Crippen LogP contribution in [-0.2, 0) is 0 Å². The van der Waals surface area contributed by atoms with Crippen molar-refractivity contribution in [2.24, 2.45) is 0 Å². The molecule has 90 valence electrons. The van der Waals surface area contributed by atoms with E-state index in [4.69, 9.17) is 6.42 Å². The summed E-state index contributed by atoms with van der Waals surface area (Å²) in [5, 5.41) is 14.3. The summed E-state index contributed by atoms with van der Waals surface area (Å²) in [6.07, 6.45) is 6.67. The highest BCUT2D eigenvalue weighted by atomic mass is 16.6. The average molecular weight is 242 g/mol. The fraction of sp³-hybridized carbons (Fsp3) is 0.167. The number of nitro groups is 1. The first-order valence-corrected chi connectivity index (χ1v) is 5.23. The van der Waals surface area contributed by atoms with Crippen molar-refractivity contribution in [2.75, 3.05) is 5.32 Å². The Kier molecular flexibility index (Phi) is 3.06. The molecule has 0 radical (unpaired) electrons. The van der Waals surface area contributed by atoms with Crippen LogP contribution < -0.4 is 5.32 Å². The van der Waals surface area contributed by atoms with Gasteiger partial charge in [0.25, 0.3) is 5.69 Å². The first-order valence-electron chi connectivity index (χ1n) is 5.23. The Morgan fingerprint density at radius 2 is 2.28 bits per heavy atom. The number of fused-ring (bicyclic) bond motifs is 1. The van der Waals surface area contributed by atoms with E-state index in [0.717, 1.165) is 0 Å². The summed E-state index contributed by atoms with van der Waals surface area (Å²) >= 11 is 0. The SMILES string of the molecule is C#CC(C)Nc1ncnc2ccc([N+](=O)[O-])cc12. The van der Waals surface area contributed by atoms with Crippen molar-refractivity contribution >= 4 is 22.4 Å². The van der Waals surface area contributed by atoms with Gasteiger partial charge in [-0.05, 0) is 13.0 Å². The van der Waals surface area contributed by atoms with Crippen molar-refractivity contribution < 1.29 is 4.92 Å². The van der Waals surface area contributed by atoms with Gasteiger partial charge in [-0.3, -0.25) is 10.1 Å². The van der Waals surface area contributed by atoms with Gasteiger partial charge in [-0.25, -0.2) is 9.97 Å². The molecule has 1 N–H and O–H groups in total. The van der Waals surface area contributed by atoms with Crippen LogP contribution >= 0.6 is 0 Å². The summed E-state index contributed by atoms with van der Waals surface area (Å²) in [6, 6.07) is 4.20. The summed E-state index contributed by atoms with van der Waals surface area (Å²) < 4.78 is 0. The predicted molar refractivity (Wildman–Crippen MR) is 68.1 cm³/mol. The maximum Gasteiger partial charge on any atom is 0.270 e. The topological polar surface area (TPSA) is 81.0 Å². The van der Waals surface area contributed by atoms with E-state index in [1.807, 2.05) is 0 Å². The van der Waals surface area contributed by atoms with Crippen LogP contribution in [0.25, 0.3) is 10.9 Å². The number of nitrogens with one attached hydrogen (secondary N) is 1. The molecule has 0 amide bonds. The molecule has 2 aromatic rings. The molecule has 2 rings (SSSR count). The highest BCUT2D eigenvalue weighted by Gasteiger charge is 2.11. The summed E-state index contributed by atoms with van der Waals surface area (Å²) in [7, 11) is 0. The molecule has 1 aromatic heterocycles. The summed E-state index contributed by atoms with van der Waals surface area (Å²) in [5.74, 6) is 3.00. The fourth-order valence-corrected chi connectivity index (χ4v) is 1.52. The number of hydrogen-bond acceptors (Lipinski definition) is 5. The Bertz CT molecular complexity index is 648. The number of terminal acetylenes is 1. The third kappa shape index (κ3) is 2.20. The molecule has 0 spiro atoms. The number of rotatable bonds is 3. The van der Waals surface area contributed by atoms with Gasteiger partial charge in [0.15, 0.2) is 0 Å². The van der Waals surface area contributed by atoms with Crippen LogP contribution in [0.15, 0.2) is 24.5 Å². The minimum Gasteiger partial charge on any atom is -0.356 e. The summed E-state index contributed by atoms with van der Waals surface area (Å²) in [5.41, 5.74) is 0.621. The van der Waals surface area contributed by atoms with E-state index in [-0.39, 0.29) is 11.7 Å². The zero-order valence-electron chi connectivity index (χ0n) is 9.62. The van der Waals surface area contributed by atoms with Gasteiger partial charge in [-0.2, -0.15) is 0 Å². The molecule has 0 aliphatic rings. The van der Waals surface area contributed by atoms with Gasteiger partial charge < -0.3 is 5.32 Å². The maximum atomic E-state index is 10.7. The normalized spacial score (nSPS) is 11.8. The van der Waals surface area contributed by atoms with Crippen molar-refractivity contribution in [3.8, 4) is 12.3 Å². The second kappa shape index (κ2) is 4.67. The summed E-state index contributed by atoms with van der Waals surface area (Å²) in [6.45, 7) is 1.80. The highest BCUT2D eigenvalue weighted by Crippen LogP contribution is 2.24. The Hall–Kier alpha value is -2.68. The van der Waals surface area contributed by atoms with E-state index in [9.17, 15) is 10.1 Å². The number of nitro benzene ring substituents is 1. The standard InChI is InChI=1S/C12H10N4O2/c1-3-8(2)15-12-10-6-9(16(17)18)4-5-11(10)13-7-14-12/h1,4-8H,2H3,(H,13,14,15). The maximum absolute atomic E-state index is 10.7. The molecule has 1 aromatic carbocycles. The van der Waals surface area contributed by atoms with Gasteiger partial charge in [-0.15, -0.1) is 6.42 Å². The van der Waals surface area contributed by atoms with Crippen LogP contribution in [-0.4, -0.2) is 20.9 Å². The van der Waals surface area contributed by atoms with Crippen LogP contribution in [0.5, 0.6) is 0 Å². The molecule has 1 unspecified atom stereocenters. The summed E-state index contributed by atoms with van der Waals surface area (Å²) in [4.78, 5) is 18.4. The van der Waals surface area contributed by atoms with E-state index in [1.54, 1.807) is 13.0 Å². The van der Waals surface area contributed by atoms with Crippen molar-refractivity contribution in [1.82, 2.24) is 9.97 Å². The molecule has 0 saturated carbocycles. The number of hydrogen-bond donors (Lipinski definition) is 1. The zero-order chi connectivity index (χ0) is 13.1. The molecule has 18 heavy (non-hydrogen) atoms. The molecule has 1 heterocycles. The van der Waals surface area contributed by atoms with E-state index in [0.29, 0.717) is 16.7 Å². The first kappa shape index (κ1) is 11.8. The van der Waals surface area contributed by atoms with Gasteiger partial charge >= 0.3 is 0 Å². The van der Waals surface area contributed by atoms with E-state index >= 15 is 0 Å². The molecular weight excluding hydrogens is 232 g/mol. The van der Waals surface area contributed by atoms with E-state index < -0.39 is 4.92 Å². The lowest BCUT2D eigenvalue weighted by Crippen LogP contribution is -2.13. The van der Waals surface area contributed by atoms with Crippen molar-refractivity contribution in [1.29, 1.82) is 0 Å². The molecule has 1 atom stereocenters. The van der Waals surface area contributed by atoms with Gasteiger partial charge in [-0.1, -0.05) is 5.92 Å². The Balaban J connectivity index is 2.56. The third-order valence-corrected chi connectivity index (χ3v) is 2.43. The molecule has 0 fully saturated rings. The lowest BCUT2D eigenvalue weighted by atomic mass is 10.2. The minimum absolute atomic E-state index is 0.00582. The second-order valence-corrected chi connectivity index (χ2v) is 3.71. The molecular formula is C12H10N4O2. The Labute approximate surface area is 103 Å². The van der Waals surface area contributed by atoms with E-state index in [1.165, 1.54) is 18.5 Å². The predicted octanol–water partition coefficient (Wildman–Crippen LogP) is 1.97. The minimum atomic E-state index is -0.458. The lowest BCUT2D eigenvalue weighted by Gasteiger charge is -2.10. The van der Waals surface area contributed by atoms with Crippen molar-refractivity contribution in [3.63, 3.8) is 0 Å². The molecule has 0 bridgehead atoms. The largest absolute Gasteiger partial charge is 0.356 e. The molecule has 6 heteroatoms. The molecule has 0 aliphatic carbocycles. The van der Waals surface area contributed by atoms with Crippen molar-refractivity contribution in [3.05, 3.63) is 34.6 Å². The van der Waals surface area contributed by atoms with Crippen LogP contribution in [0, 0.1) is 22.5 Å². The number of aromatic nitrogens is 2. The first-order chi connectivity index (χ1) is 8.61. The molecule has 0 aliphatic heterocycles. The second-order valence-electron chi connectivity index (χ2n) is 3.71. The third-order valence-electron chi connectivity index (χ3n) is 2.43. The van der Waals surface area contributed by atoms with Gasteiger partial charge in [0.1, 0.15) is 12.1 Å².